The number of amides is 2. The van der Waals surface area contributed by atoms with Crippen molar-refractivity contribution in [3.63, 3.8) is 0 Å². The van der Waals surface area contributed by atoms with E-state index in [2.05, 4.69) is 15.6 Å². The summed E-state index contributed by atoms with van der Waals surface area (Å²) >= 11 is 0. The quantitative estimate of drug-likeness (QED) is 0.680. The number of nitrogens with one attached hydrogen (secondary N) is 2. The van der Waals surface area contributed by atoms with E-state index >= 15 is 0 Å². The minimum Gasteiger partial charge on any atom is -0.465 e. The summed E-state index contributed by atoms with van der Waals surface area (Å²) in [4.78, 5) is 28.2. The normalized spacial score (nSPS) is 19.5. The van der Waals surface area contributed by atoms with Gasteiger partial charge >= 0.3 is 6.09 Å². The van der Waals surface area contributed by atoms with Crippen molar-refractivity contribution in [2.45, 2.75) is 26.3 Å². The maximum Gasteiger partial charge on any atom is 0.405 e. The van der Waals surface area contributed by atoms with Gasteiger partial charge in [0.15, 0.2) is 0 Å². The zero-order valence-corrected chi connectivity index (χ0v) is 14.7. The van der Waals surface area contributed by atoms with Crippen LogP contribution >= 0.6 is 0 Å². The third-order valence-electron chi connectivity index (χ3n) is 4.36. The van der Waals surface area contributed by atoms with Crippen LogP contribution in [0.5, 0.6) is 0 Å². The van der Waals surface area contributed by atoms with Gasteiger partial charge in [0.2, 0.25) is 5.91 Å². The number of carbonyl (C=O) groups is 2. The lowest BCUT2D eigenvalue weighted by molar-refractivity contribution is -0.118. The predicted molar refractivity (Wildman–Crippen MR) is 99.9 cm³/mol. The smallest absolute Gasteiger partial charge is 0.405 e. The Morgan fingerprint density at radius 2 is 2.12 bits per heavy atom. The maximum absolute atomic E-state index is 12.5. The van der Waals surface area contributed by atoms with Crippen molar-refractivity contribution in [1.29, 1.82) is 0 Å². The average molecular weight is 351 g/mol. The Hall–Kier alpha value is -3.15. The number of benzene rings is 1. The van der Waals surface area contributed by atoms with Crippen LogP contribution in [0, 0.1) is 12.8 Å². The lowest BCUT2D eigenvalue weighted by Gasteiger charge is -2.19. The number of carboxylic acid groups (broad SMARTS) is 1. The molecule has 26 heavy (non-hydrogen) atoms. The summed E-state index contributed by atoms with van der Waals surface area (Å²) in [5.41, 5.74) is 3.83. The van der Waals surface area contributed by atoms with Gasteiger partial charge in [-0.05, 0) is 37.1 Å². The topological polar surface area (TPSA) is 91.3 Å². The molecule has 2 atom stereocenters. The van der Waals surface area contributed by atoms with Crippen molar-refractivity contribution in [1.82, 2.24) is 10.3 Å². The van der Waals surface area contributed by atoms with E-state index in [0.29, 0.717) is 17.8 Å². The van der Waals surface area contributed by atoms with Gasteiger partial charge in [-0.1, -0.05) is 37.3 Å². The molecule has 0 fully saturated rings. The van der Waals surface area contributed by atoms with Crippen molar-refractivity contribution >= 4 is 17.7 Å². The van der Waals surface area contributed by atoms with Crippen molar-refractivity contribution in [3.05, 3.63) is 59.8 Å². The van der Waals surface area contributed by atoms with E-state index in [9.17, 15) is 9.59 Å². The standard InChI is InChI=1S/C20H21N3O3/c1-12-5-3-8-16(23-20(25)26)14-6-4-7-15(11-14)18-17(22-19(12)24)10-9-13(2)21-18/h3-7,9-12,16,23H,8H2,1-2H3,(H,22,24)(H,25,26)/t12-,16+/m1/s1. The van der Waals surface area contributed by atoms with Crippen molar-refractivity contribution < 1.29 is 14.7 Å². The Labute approximate surface area is 152 Å². The van der Waals surface area contributed by atoms with Gasteiger partial charge < -0.3 is 15.7 Å². The highest BCUT2D eigenvalue weighted by atomic mass is 16.4. The van der Waals surface area contributed by atoms with E-state index in [1.54, 1.807) is 13.0 Å². The van der Waals surface area contributed by atoms with Gasteiger partial charge in [0.1, 0.15) is 0 Å². The van der Waals surface area contributed by atoms with Crippen molar-refractivity contribution in [3.8, 4) is 11.3 Å². The zero-order valence-electron chi connectivity index (χ0n) is 14.7. The molecule has 2 aromatic rings. The maximum atomic E-state index is 12.5. The summed E-state index contributed by atoms with van der Waals surface area (Å²) in [5.74, 6) is -0.472. The monoisotopic (exact) mass is 351 g/mol. The van der Waals surface area contributed by atoms with Gasteiger partial charge in [-0.25, -0.2) is 4.79 Å². The van der Waals surface area contributed by atoms with Gasteiger partial charge in [0.05, 0.1) is 23.3 Å². The van der Waals surface area contributed by atoms with Gasteiger partial charge in [0, 0.05) is 11.3 Å². The number of hydrogen-bond donors (Lipinski definition) is 3. The molecular weight excluding hydrogens is 330 g/mol. The largest absolute Gasteiger partial charge is 0.465 e. The number of fused-ring (bicyclic) bond motifs is 4. The first-order chi connectivity index (χ1) is 12.4. The highest BCUT2D eigenvalue weighted by molar-refractivity contribution is 5.96. The van der Waals surface area contributed by atoms with E-state index in [1.165, 1.54) is 0 Å². The molecule has 2 bridgehead atoms. The first-order valence-electron chi connectivity index (χ1n) is 8.49. The van der Waals surface area contributed by atoms with E-state index in [1.807, 2.05) is 49.4 Å². The molecule has 1 aliphatic heterocycles. The van der Waals surface area contributed by atoms with Crippen molar-refractivity contribution in [2.24, 2.45) is 5.92 Å². The van der Waals surface area contributed by atoms with Crippen LogP contribution in [0.25, 0.3) is 11.3 Å². The third kappa shape index (κ3) is 3.91. The Balaban J connectivity index is 2.15. The highest BCUT2D eigenvalue weighted by Gasteiger charge is 2.18. The van der Waals surface area contributed by atoms with Crippen LogP contribution in [0.15, 0.2) is 48.6 Å². The Morgan fingerprint density at radius 1 is 1.31 bits per heavy atom. The minimum atomic E-state index is -1.08. The number of pyridine rings is 1. The second kappa shape index (κ2) is 7.39. The molecular formula is C20H21N3O3. The Bertz CT molecular complexity index is 876. The van der Waals surface area contributed by atoms with E-state index < -0.39 is 12.1 Å². The minimum absolute atomic E-state index is 0.132. The molecule has 6 heteroatoms. The number of aryl methyl sites for hydroxylation is 1. The van der Waals surface area contributed by atoms with Crippen molar-refractivity contribution in [2.75, 3.05) is 5.32 Å². The molecule has 1 aromatic carbocycles. The van der Waals surface area contributed by atoms with E-state index in [0.717, 1.165) is 16.8 Å². The molecule has 1 aromatic heterocycles. The zero-order chi connectivity index (χ0) is 18.7. The Morgan fingerprint density at radius 3 is 2.88 bits per heavy atom. The number of nitrogens with zero attached hydrogens (tertiary/aromatic N) is 1. The molecule has 0 saturated heterocycles. The lowest BCUT2D eigenvalue weighted by Crippen LogP contribution is -2.26. The van der Waals surface area contributed by atoms with Gasteiger partial charge in [-0.3, -0.25) is 9.78 Å². The molecule has 0 radical (unpaired) electrons. The molecule has 6 nitrogen and oxygen atoms in total. The van der Waals surface area contributed by atoms with Crippen LogP contribution in [-0.2, 0) is 4.79 Å². The molecule has 134 valence electrons. The summed E-state index contributed by atoms with van der Waals surface area (Å²) < 4.78 is 0. The molecule has 0 unspecified atom stereocenters. The molecule has 0 aliphatic carbocycles. The van der Waals surface area contributed by atoms with Crippen LogP contribution in [0.1, 0.15) is 30.6 Å². The molecule has 0 spiro atoms. The van der Waals surface area contributed by atoms with Crippen LogP contribution < -0.4 is 10.6 Å². The van der Waals surface area contributed by atoms with Crippen LogP contribution in [0.2, 0.25) is 0 Å². The lowest BCUT2D eigenvalue weighted by atomic mass is 9.97. The molecule has 2 amide bonds. The SMILES string of the molecule is Cc1ccc2c(n1)-c1cccc(c1)[C@@H](NC(=O)O)CC=C[C@@H](C)C(=O)N2. The summed E-state index contributed by atoms with van der Waals surface area (Å²) in [6.45, 7) is 3.69. The van der Waals surface area contributed by atoms with Crippen LogP contribution in [-0.4, -0.2) is 22.1 Å². The second-order valence-corrected chi connectivity index (χ2v) is 6.42. The second-order valence-electron chi connectivity index (χ2n) is 6.42. The number of anilines is 1. The number of carbonyl (C=O) groups excluding carboxylic acids is 1. The number of aromatic nitrogens is 1. The number of rotatable bonds is 1. The average Bonchev–Trinajstić information content (AvgIpc) is 2.61. The van der Waals surface area contributed by atoms with E-state index in [4.69, 9.17) is 5.11 Å². The summed E-state index contributed by atoms with van der Waals surface area (Å²) in [6, 6.07) is 10.9. The highest BCUT2D eigenvalue weighted by Crippen LogP contribution is 2.30. The fourth-order valence-electron chi connectivity index (χ4n) is 2.96. The van der Waals surface area contributed by atoms with E-state index in [-0.39, 0.29) is 11.8 Å². The van der Waals surface area contributed by atoms with Gasteiger partial charge in [-0.15, -0.1) is 0 Å². The fourth-order valence-corrected chi connectivity index (χ4v) is 2.96. The molecule has 3 rings (SSSR count). The molecule has 3 N–H and O–H groups in total. The molecule has 2 heterocycles. The first-order valence-corrected chi connectivity index (χ1v) is 8.49. The van der Waals surface area contributed by atoms with Gasteiger partial charge in [0.25, 0.3) is 0 Å². The van der Waals surface area contributed by atoms with Crippen LogP contribution in [0.3, 0.4) is 0 Å². The first kappa shape index (κ1) is 17.7. The Kier molecular flexibility index (Phi) is 5.02. The summed E-state index contributed by atoms with van der Waals surface area (Å²) in [5, 5.41) is 14.7. The summed E-state index contributed by atoms with van der Waals surface area (Å²) in [6.07, 6.45) is 3.01. The predicted octanol–water partition coefficient (Wildman–Crippen LogP) is 3.90. The molecule has 0 saturated carbocycles. The van der Waals surface area contributed by atoms with Crippen LogP contribution in [0.4, 0.5) is 10.5 Å². The fraction of sp³-hybridized carbons (Fsp3) is 0.250. The van der Waals surface area contributed by atoms with Gasteiger partial charge in [-0.2, -0.15) is 0 Å². The number of hydrogen-bond acceptors (Lipinski definition) is 3. The molecule has 1 aliphatic rings. The third-order valence-corrected chi connectivity index (χ3v) is 4.36. The summed E-state index contributed by atoms with van der Waals surface area (Å²) in [7, 11) is 0.